The highest BCUT2D eigenvalue weighted by Gasteiger charge is 2.25. The van der Waals surface area contributed by atoms with Crippen LogP contribution in [-0.2, 0) is 0 Å². The van der Waals surface area contributed by atoms with Gasteiger partial charge in [-0.05, 0) is 50.3 Å². The van der Waals surface area contributed by atoms with Gasteiger partial charge < -0.3 is 10.6 Å². The van der Waals surface area contributed by atoms with Gasteiger partial charge in [0.2, 0.25) is 0 Å². The van der Waals surface area contributed by atoms with Gasteiger partial charge in [-0.3, -0.25) is 14.9 Å². The first-order valence-corrected chi connectivity index (χ1v) is 7.26. The molecule has 1 atom stereocenters. The molecule has 1 aliphatic heterocycles. The highest BCUT2D eigenvalue weighted by Crippen LogP contribution is 2.23. The fourth-order valence-electron chi connectivity index (χ4n) is 2.90. The van der Waals surface area contributed by atoms with Crippen molar-refractivity contribution in [2.45, 2.75) is 26.2 Å². The fraction of sp³-hybridized carbons (Fsp3) is 0.533. The van der Waals surface area contributed by atoms with Gasteiger partial charge in [-0.2, -0.15) is 0 Å². The maximum absolute atomic E-state index is 12.5. The van der Waals surface area contributed by atoms with Crippen molar-refractivity contribution in [2.75, 3.05) is 19.6 Å². The summed E-state index contributed by atoms with van der Waals surface area (Å²) in [7, 11) is 0. The number of nitrogens with two attached hydrogens (primary N) is 1. The summed E-state index contributed by atoms with van der Waals surface area (Å²) in [6, 6.07) is 4.55. The summed E-state index contributed by atoms with van der Waals surface area (Å²) in [4.78, 5) is 24.8. The van der Waals surface area contributed by atoms with E-state index in [1.54, 1.807) is 17.9 Å². The number of nitrogens with zero attached hydrogens (tertiary/aromatic N) is 2. The number of hydrogen-bond acceptors (Lipinski definition) is 4. The largest absolute Gasteiger partial charge is 0.338 e. The number of amides is 1. The SMILES string of the molecule is Cc1cc(C(=O)N2CCCC(CCN)C2)cc([N+](=O)[O-])c1.Cl. The number of hydrogen-bond donors (Lipinski definition) is 1. The molecule has 6 nitrogen and oxygen atoms in total. The molecular weight excluding hydrogens is 306 g/mol. The van der Waals surface area contributed by atoms with E-state index in [0.717, 1.165) is 24.8 Å². The maximum Gasteiger partial charge on any atom is 0.270 e. The first kappa shape index (κ1) is 18.4. The van der Waals surface area contributed by atoms with E-state index in [1.807, 2.05) is 0 Å². The molecule has 1 aromatic rings. The van der Waals surface area contributed by atoms with Gasteiger partial charge in [0.25, 0.3) is 11.6 Å². The molecule has 0 bridgehead atoms. The second-order valence-corrected chi connectivity index (χ2v) is 5.65. The van der Waals surface area contributed by atoms with E-state index in [2.05, 4.69) is 0 Å². The molecule has 1 saturated heterocycles. The van der Waals surface area contributed by atoms with E-state index in [-0.39, 0.29) is 24.0 Å². The van der Waals surface area contributed by atoms with Crippen molar-refractivity contribution in [1.82, 2.24) is 4.90 Å². The van der Waals surface area contributed by atoms with E-state index < -0.39 is 4.92 Å². The standard InChI is InChI=1S/C15H21N3O3.ClH/c1-11-7-13(9-14(8-11)18(20)21)15(19)17-6-2-3-12(10-17)4-5-16;/h7-9,12H,2-6,10,16H2,1H3;1H. The summed E-state index contributed by atoms with van der Waals surface area (Å²) >= 11 is 0. The van der Waals surface area contributed by atoms with E-state index in [4.69, 9.17) is 5.73 Å². The number of non-ortho nitro benzene ring substituents is 1. The number of aryl methyl sites for hydroxylation is 1. The van der Waals surface area contributed by atoms with E-state index >= 15 is 0 Å². The molecule has 1 fully saturated rings. The third-order valence-corrected chi connectivity index (χ3v) is 3.90. The van der Waals surface area contributed by atoms with Gasteiger partial charge >= 0.3 is 0 Å². The van der Waals surface area contributed by atoms with Crippen molar-refractivity contribution >= 4 is 24.0 Å². The Morgan fingerprint density at radius 3 is 2.82 bits per heavy atom. The molecule has 2 rings (SSSR count). The van der Waals surface area contributed by atoms with Crippen molar-refractivity contribution in [2.24, 2.45) is 11.7 Å². The molecule has 122 valence electrons. The van der Waals surface area contributed by atoms with Crippen LogP contribution in [0.5, 0.6) is 0 Å². The van der Waals surface area contributed by atoms with Crippen LogP contribution in [0.25, 0.3) is 0 Å². The predicted molar refractivity (Wildman–Crippen MR) is 87.4 cm³/mol. The molecular formula is C15H22ClN3O3. The zero-order valence-corrected chi connectivity index (χ0v) is 13.5. The summed E-state index contributed by atoms with van der Waals surface area (Å²) in [5.74, 6) is 0.316. The average Bonchev–Trinajstić information content (AvgIpc) is 2.46. The number of likely N-dealkylation sites (tertiary alicyclic amines) is 1. The Morgan fingerprint density at radius 2 is 2.18 bits per heavy atom. The van der Waals surface area contributed by atoms with Crippen LogP contribution >= 0.6 is 12.4 Å². The maximum atomic E-state index is 12.5. The van der Waals surface area contributed by atoms with Gasteiger partial charge in [-0.25, -0.2) is 0 Å². The number of benzene rings is 1. The first-order valence-electron chi connectivity index (χ1n) is 7.26. The summed E-state index contributed by atoms with van der Waals surface area (Å²) < 4.78 is 0. The van der Waals surface area contributed by atoms with E-state index in [1.165, 1.54) is 12.1 Å². The Labute approximate surface area is 136 Å². The third kappa shape index (κ3) is 4.42. The number of piperidine rings is 1. The van der Waals surface area contributed by atoms with Crippen LogP contribution in [0.3, 0.4) is 0 Å². The number of carbonyl (C=O) groups is 1. The second kappa shape index (κ2) is 8.10. The average molecular weight is 328 g/mol. The lowest BCUT2D eigenvalue weighted by Gasteiger charge is -2.32. The molecule has 1 unspecified atom stereocenters. The number of nitro groups is 1. The molecule has 1 heterocycles. The Kier molecular flexibility index (Phi) is 6.77. The van der Waals surface area contributed by atoms with Crippen molar-refractivity contribution in [3.63, 3.8) is 0 Å². The van der Waals surface area contributed by atoms with Crippen LogP contribution in [0.15, 0.2) is 18.2 Å². The molecule has 1 aromatic carbocycles. The second-order valence-electron chi connectivity index (χ2n) is 5.65. The molecule has 7 heteroatoms. The topological polar surface area (TPSA) is 89.5 Å². The van der Waals surface area contributed by atoms with Gasteiger partial charge in [0.1, 0.15) is 0 Å². The first-order chi connectivity index (χ1) is 10.0. The minimum atomic E-state index is -0.461. The molecule has 1 amide bonds. The Hall–Kier alpha value is -1.66. The monoisotopic (exact) mass is 327 g/mol. The van der Waals surface area contributed by atoms with Crippen molar-refractivity contribution in [1.29, 1.82) is 0 Å². The zero-order chi connectivity index (χ0) is 15.4. The quantitative estimate of drug-likeness (QED) is 0.679. The number of carbonyl (C=O) groups excluding carboxylic acids is 1. The highest BCUT2D eigenvalue weighted by molar-refractivity contribution is 5.95. The summed E-state index contributed by atoms with van der Waals surface area (Å²) in [6.07, 6.45) is 2.97. The van der Waals surface area contributed by atoms with Crippen LogP contribution in [-0.4, -0.2) is 35.4 Å². The van der Waals surface area contributed by atoms with E-state index in [9.17, 15) is 14.9 Å². The smallest absolute Gasteiger partial charge is 0.270 e. The molecule has 0 radical (unpaired) electrons. The Morgan fingerprint density at radius 1 is 1.45 bits per heavy atom. The van der Waals surface area contributed by atoms with Crippen LogP contribution in [0.1, 0.15) is 35.2 Å². The summed E-state index contributed by atoms with van der Waals surface area (Å²) in [6.45, 7) is 3.79. The van der Waals surface area contributed by atoms with Gasteiger partial charge in [0.05, 0.1) is 4.92 Å². The summed E-state index contributed by atoms with van der Waals surface area (Å²) in [5.41, 5.74) is 6.68. The number of halogens is 1. The molecule has 0 aliphatic carbocycles. The Bertz CT molecular complexity index is 549. The molecule has 22 heavy (non-hydrogen) atoms. The number of nitro benzene ring substituents is 1. The minimum Gasteiger partial charge on any atom is -0.338 e. The molecule has 0 saturated carbocycles. The summed E-state index contributed by atoms with van der Waals surface area (Å²) in [5, 5.41) is 10.9. The van der Waals surface area contributed by atoms with Gasteiger partial charge in [0, 0.05) is 30.8 Å². The normalized spacial score (nSPS) is 17.7. The van der Waals surface area contributed by atoms with Crippen molar-refractivity contribution < 1.29 is 9.72 Å². The fourth-order valence-corrected chi connectivity index (χ4v) is 2.90. The molecule has 1 aliphatic rings. The zero-order valence-electron chi connectivity index (χ0n) is 12.7. The molecule has 0 aromatic heterocycles. The van der Waals surface area contributed by atoms with Gasteiger partial charge in [-0.1, -0.05) is 0 Å². The molecule has 0 spiro atoms. The van der Waals surface area contributed by atoms with Crippen molar-refractivity contribution in [3.05, 3.63) is 39.4 Å². The lowest BCUT2D eigenvalue weighted by atomic mass is 9.94. The lowest BCUT2D eigenvalue weighted by Crippen LogP contribution is -2.40. The van der Waals surface area contributed by atoms with Gasteiger partial charge in [-0.15, -0.1) is 12.4 Å². The van der Waals surface area contributed by atoms with Crippen LogP contribution < -0.4 is 5.73 Å². The minimum absolute atomic E-state index is 0. The van der Waals surface area contributed by atoms with Crippen molar-refractivity contribution in [3.8, 4) is 0 Å². The van der Waals surface area contributed by atoms with Gasteiger partial charge in [0.15, 0.2) is 0 Å². The van der Waals surface area contributed by atoms with Crippen LogP contribution in [0, 0.1) is 23.0 Å². The predicted octanol–water partition coefficient (Wildman–Crippen LogP) is 2.53. The van der Waals surface area contributed by atoms with Crippen LogP contribution in [0.4, 0.5) is 5.69 Å². The highest BCUT2D eigenvalue weighted by atomic mass is 35.5. The van der Waals surface area contributed by atoms with E-state index in [0.29, 0.717) is 31.1 Å². The molecule has 2 N–H and O–H groups in total. The number of rotatable bonds is 4. The Balaban J connectivity index is 0.00000242. The lowest BCUT2D eigenvalue weighted by molar-refractivity contribution is -0.384. The van der Waals surface area contributed by atoms with Crippen LogP contribution in [0.2, 0.25) is 0 Å². The third-order valence-electron chi connectivity index (χ3n) is 3.90.